The van der Waals surface area contributed by atoms with Crippen LogP contribution in [0.5, 0.6) is 0 Å². The van der Waals surface area contributed by atoms with Crippen molar-refractivity contribution < 1.29 is 57.8 Å². The molecule has 0 spiro atoms. The summed E-state index contributed by atoms with van der Waals surface area (Å²) in [6.45, 7) is 18.9. The molecule has 2 aliphatic heterocycles. The second-order valence-corrected chi connectivity index (χ2v) is 23.2. The van der Waals surface area contributed by atoms with Crippen molar-refractivity contribution in [1.29, 1.82) is 0 Å². The highest BCUT2D eigenvalue weighted by molar-refractivity contribution is 5.99. The van der Waals surface area contributed by atoms with Gasteiger partial charge in [0.25, 0.3) is 5.91 Å². The summed E-state index contributed by atoms with van der Waals surface area (Å²) < 4.78 is 6.03. The first-order valence-corrected chi connectivity index (χ1v) is 28.4. The van der Waals surface area contributed by atoms with E-state index in [1.54, 1.807) is 90.9 Å². The fourth-order valence-electron chi connectivity index (χ4n) is 10.9. The summed E-state index contributed by atoms with van der Waals surface area (Å²) in [5.74, 6) is -12.3. The van der Waals surface area contributed by atoms with Crippen molar-refractivity contribution in [3.8, 4) is 0 Å². The molecule has 2 aliphatic rings. The molecule has 4 rings (SSSR count). The number of ether oxygens (including phenoxy) is 1. The van der Waals surface area contributed by atoms with Gasteiger partial charge in [-0.2, -0.15) is 0 Å². The molecule has 8 amide bonds. The van der Waals surface area contributed by atoms with Crippen molar-refractivity contribution in [2.24, 2.45) is 35.5 Å². The maximum Gasteiger partial charge on any atom is 0.330 e. The SMILES string of the molecule is CCC(C)C1OC(=O)[C@H](C(C)C(=O)O)N(C)C(=O)[C@H](CC(C)C)NC(=O)[C@H](C(C)C)N(C)C(=O)[C@H]([C@H](C)CC)NC(=O)[C@@H]2CCCN2C(=O)[C@H](Cc2ccccc2)N(C)C(=O)[C@H](Cc2ccccc2)NC(=O)[C@H](C(C)C)N(C)C1=O. The van der Waals surface area contributed by atoms with E-state index in [0.717, 1.165) is 9.80 Å². The molecule has 2 aromatic carbocycles. The molecule has 80 heavy (non-hydrogen) atoms. The van der Waals surface area contributed by atoms with E-state index in [0.29, 0.717) is 24.0 Å². The number of nitrogens with one attached hydrogen (secondary N) is 3. The van der Waals surface area contributed by atoms with Crippen LogP contribution in [0, 0.1) is 35.5 Å². The molecule has 20 heteroatoms. The smallest absolute Gasteiger partial charge is 0.330 e. The number of esters is 1. The van der Waals surface area contributed by atoms with Crippen LogP contribution in [0.2, 0.25) is 0 Å². The lowest BCUT2D eigenvalue weighted by Crippen LogP contribution is -2.62. The van der Waals surface area contributed by atoms with Gasteiger partial charge in [0.1, 0.15) is 48.3 Å². The number of aliphatic carboxylic acids is 1. The number of hydrogen-bond acceptors (Lipinski definition) is 11. The van der Waals surface area contributed by atoms with E-state index in [1.807, 2.05) is 39.0 Å². The summed E-state index contributed by atoms with van der Waals surface area (Å²) in [5.41, 5.74) is 1.39. The maximum absolute atomic E-state index is 15.3. The highest BCUT2D eigenvalue weighted by atomic mass is 16.6. The molecule has 12 atom stereocenters. The topological polar surface area (TPSA) is 252 Å². The summed E-state index contributed by atoms with van der Waals surface area (Å²) in [6.07, 6.45) is -0.174. The van der Waals surface area contributed by atoms with E-state index in [1.165, 1.54) is 49.8 Å². The van der Waals surface area contributed by atoms with E-state index < -0.39 is 143 Å². The summed E-state index contributed by atoms with van der Waals surface area (Å²) >= 11 is 0. The van der Waals surface area contributed by atoms with Gasteiger partial charge in [0.05, 0.1) is 5.92 Å². The molecular weight excluding hydrogens is 1020 g/mol. The summed E-state index contributed by atoms with van der Waals surface area (Å²) in [7, 11) is 5.51. The number of cyclic esters (lactones) is 1. The van der Waals surface area contributed by atoms with Gasteiger partial charge in [-0.25, -0.2) is 4.79 Å². The fourth-order valence-corrected chi connectivity index (χ4v) is 10.9. The van der Waals surface area contributed by atoms with Crippen LogP contribution in [0.25, 0.3) is 0 Å². The van der Waals surface area contributed by atoms with Gasteiger partial charge in [0.2, 0.25) is 41.4 Å². The van der Waals surface area contributed by atoms with Gasteiger partial charge >= 0.3 is 11.9 Å². The van der Waals surface area contributed by atoms with Crippen molar-refractivity contribution in [2.45, 2.75) is 176 Å². The molecule has 0 radical (unpaired) electrons. The largest absolute Gasteiger partial charge is 0.481 e. The Labute approximate surface area is 473 Å². The summed E-state index contributed by atoms with van der Waals surface area (Å²) in [6, 6.07) is 7.61. The molecule has 4 N–H and O–H groups in total. The van der Waals surface area contributed by atoms with Crippen LogP contribution >= 0.6 is 0 Å². The first-order valence-electron chi connectivity index (χ1n) is 28.4. The Morgan fingerprint density at radius 3 is 1.54 bits per heavy atom. The highest BCUT2D eigenvalue weighted by Crippen LogP contribution is 2.27. The number of carboxylic acids is 1. The molecule has 20 nitrogen and oxygen atoms in total. The third kappa shape index (κ3) is 16.2. The number of hydrogen-bond donors (Lipinski definition) is 4. The van der Waals surface area contributed by atoms with Crippen LogP contribution in [-0.4, -0.2) is 178 Å². The average Bonchev–Trinajstić information content (AvgIpc) is 3.99. The minimum atomic E-state index is -1.83. The zero-order valence-electron chi connectivity index (χ0n) is 49.8. The van der Waals surface area contributed by atoms with Gasteiger partial charge < -0.3 is 50.3 Å². The van der Waals surface area contributed by atoms with Crippen LogP contribution < -0.4 is 16.0 Å². The average molecular weight is 1120 g/mol. The van der Waals surface area contributed by atoms with E-state index in [-0.39, 0.29) is 44.6 Å². The summed E-state index contributed by atoms with van der Waals surface area (Å²) in [4.78, 5) is 153. The molecule has 0 bridgehead atoms. The standard InChI is InChI=1S/C60H90N8O12/c1-16-37(9)46-57(75)65(13)47(35(5)6)52(70)61-42(31-34(3)4)55(73)67(15)49(39(11)59(77)78)60(79)80-50(38(10)17-2)58(76)66(14)48(36(7)8)53(71)62-43(32-40-25-20-18-21-26-40)54(72)64(12)45(33-41-27-22-19-23-28-41)56(74)68-30-24-29-44(68)51(69)63-46/h18-23,25-28,34-39,42-50H,16-17,24,29-33H2,1-15H3,(H,61,70)(H,62,71)(H,63,69)(H,77,78)/t37-,38?,39?,42+,43+,44+,45+,46+,47+,48+,49+,50?/m1/s1. The van der Waals surface area contributed by atoms with Crippen molar-refractivity contribution in [1.82, 2.24) is 40.4 Å². The molecule has 0 saturated carbocycles. The van der Waals surface area contributed by atoms with Gasteiger partial charge in [0.15, 0.2) is 6.10 Å². The minimum Gasteiger partial charge on any atom is -0.481 e. The molecule has 0 aliphatic carbocycles. The second kappa shape index (κ2) is 29.6. The molecule has 0 aromatic heterocycles. The predicted molar refractivity (Wildman–Crippen MR) is 302 cm³/mol. The van der Waals surface area contributed by atoms with Gasteiger partial charge in [-0.05, 0) is 67.4 Å². The Morgan fingerprint density at radius 2 is 1.05 bits per heavy atom. The Kier molecular flexibility index (Phi) is 24.3. The van der Waals surface area contributed by atoms with Crippen molar-refractivity contribution >= 4 is 59.2 Å². The van der Waals surface area contributed by atoms with Crippen LogP contribution in [0.1, 0.15) is 119 Å². The number of rotatable bonds is 14. The summed E-state index contributed by atoms with van der Waals surface area (Å²) in [5, 5.41) is 19.1. The Bertz CT molecular complexity index is 2490. The van der Waals surface area contributed by atoms with Gasteiger partial charge in [-0.3, -0.25) is 43.2 Å². The number of carboxylic acid groups (broad SMARTS) is 1. The Morgan fingerprint density at radius 1 is 0.575 bits per heavy atom. The minimum absolute atomic E-state index is 0.0278. The second-order valence-electron chi connectivity index (χ2n) is 23.2. The number of carbonyl (C=O) groups is 10. The van der Waals surface area contributed by atoms with E-state index in [4.69, 9.17) is 4.74 Å². The lowest BCUT2D eigenvalue weighted by atomic mass is 9.94. The van der Waals surface area contributed by atoms with Crippen molar-refractivity contribution in [2.75, 3.05) is 34.7 Å². The van der Waals surface area contributed by atoms with Crippen molar-refractivity contribution in [3.05, 3.63) is 71.8 Å². The number of carbonyl (C=O) groups excluding carboxylic acids is 9. The number of fused-ring (bicyclic) bond motifs is 1. The molecule has 2 saturated heterocycles. The van der Waals surface area contributed by atoms with Crippen LogP contribution in [0.15, 0.2) is 60.7 Å². The lowest BCUT2D eigenvalue weighted by molar-refractivity contribution is -0.174. The number of amides is 8. The van der Waals surface area contributed by atoms with Gasteiger partial charge in [-0.1, -0.05) is 136 Å². The number of likely N-dealkylation sites (N-methyl/N-ethyl adjacent to an activating group) is 4. The lowest BCUT2D eigenvalue weighted by Gasteiger charge is -2.38. The van der Waals surface area contributed by atoms with E-state index in [9.17, 15) is 43.5 Å². The monoisotopic (exact) mass is 1110 g/mol. The van der Waals surface area contributed by atoms with E-state index in [2.05, 4.69) is 16.0 Å². The Hall–Kier alpha value is -6.86. The van der Waals surface area contributed by atoms with Crippen LogP contribution in [-0.2, 0) is 65.5 Å². The van der Waals surface area contributed by atoms with Crippen molar-refractivity contribution in [3.63, 3.8) is 0 Å². The van der Waals surface area contributed by atoms with Crippen LogP contribution in [0.3, 0.4) is 0 Å². The first-order chi connectivity index (χ1) is 37.6. The number of benzene rings is 2. The molecule has 2 heterocycles. The quantitative estimate of drug-likeness (QED) is 0.193. The number of nitrogens with zero attached hydrogens (tertiary/aromatic N) is 5. The molecule has 442 valence electrons. The maximum atomic E-state index is 15.3. The normalized spacial score (nSPS) is 26.4. The van der Waals surface area contributed by atoms with Crippen LogP contribution in [0.4, 0.5) is 0 Å². The predicted octanol–water partition coefficient (Wildman–Crippen LogP) is 4.32. The first kappa shape index (κ1) is 65.7. The Balaban J connectivity index is 1.99. The van der Waals surface area contributed by atoms with E-state index >= 15 is 9.59 Å². The third-order valence-electron chi connectivity index (χ3n) is 16.1. The van der Waals surface area contributed by atoms with Gasteiger partial charge in [-0.15, -0.1) is 0 Å². The zero-order valence-corrected chi connectivity index (χ0v) is 49.8. The molecule has 2 fully saturated rings. The molecule has 3 unspecified atom stereocenters. The highest BCUT2D eigenvalue weighted by Gasteiger charge is 2.47. The molecular formula is C60H90N8O12. The third-order valence-corrected chi connectivity index (χ3v) is 16.1. The fraction of sp³-hybridized carbons (Fsp3) is 0.633. The van der Waals surface area contributed by atoms with Gasteiger partial charge in [0, 0.05) is 53.5 Å². The molecule has 2 aromatic rings. The zero-order chi connectivity index (χ0) is 60.0.